The Kier molecular flexibility index (Phi) is 50.5. The quantitative estimate of drug-likeness (QED) is 0.0211. The largest absolute Gasteiger partial charge is 0.472 e. The normalized spacial score (nSPS) is 14.0. The van der Waals surface area contributed by atoms with Crippen LogP contribution in [-0.4, -0.2) is 74.9 Å². The molecule has 2 atom stereocenters. The number of rotatable bonds is 52. The molecule has 2 unspecified atom stereocenters. The van der Waals surface area contributed by atoms with Gasteiger partial charge in [-0.3, -0.25) is 18.6 Å². The van der Waals surface area contributed by atoms with E-state index in [1.807, 2.05) is 21.1 Å². The molecule has 0 aromatic carbocycles. The van der Waals surface area contributed by atoms with Crippen molar-refractivity contribution in [1.29, 1.82) is 0 Å². The molecule has 0 saturated heterocycles. The van der Waals surface area contributed by atoms with Gasteiger partial charge in [-0.05, 0) is 96.3 Å². The van der Waals surface area contributed by atoms with Crippen LogP contribution in [0.2, 0.25) is 0 Å². The predicted molar refractivity (Wildman–Crippen MR) is 307 cm³/mol. The Morgan fingerprint density at radius 2 is 0.792 bits per heavy atom. The predicted octanol–water partition coefficient (Wildman–Crippen LogP) is 18.0. The molecule has 0 heterocycles. The summed E-state index contributed by atoms with van der Waals surface area (Å²) in [6.45, 7) is 4.30. The summed E-state index contributed by atoms with van der Waals surface area (Å²) in [6.07, 6.45) is 71.8. The Labute approximate surface area is 443 Å². The van der Waals surface area contributed by atoms with E-state index in [0.29, 0.717) is 17.4 Å². The fourth-order valence-electron chi connectivity index (χ4n) is 7.64. The van der Waals surface area contributed by atoms with Gasteiger partial charge in [0.15, 0.2) is 6.10 Å². The first-order valence-corrected chi connectivity index (χ1v) is 30.5. The highest BCUT2D eigenvalue weighted by Crippen LogP contribution is 2.43. The van der Waals surface area contributed by atoms with Crippen molar-refractivity contribution in [3.63, 3.8) is 0 Å². The summed E-state index contributed by atoms with van der Waals surface area (Å²) in [4.78, 5) is 35.7. The third kappa shape index (κ3) is 56.2. The van der Waals surface area contributed by atoms with Crippen molar-refractivity contribution >= 4 is 19.8 Å². The lowest BCUT2D eigenvalue weighted by Crippen LogP contribution is -2.37. The number of allylic oxidation sites excluding steroid dienone is 16. The second-order valence-corrected chi connectivity index (χ2v) is 21.7. The molecule has 0 aromatic rings. The van der Waals surface area contributed by atoms with Crippen LogP contribution in [0.1, 0.15) is 232 Å². The lowest BCUT2D eigenvalue weighted by Gasteiger charge is -2.24. The Hall–Kier alpha value is -3.07. The Balaban J connectivity index is 4.26. The monoisotopic (exact) mass is 1030 g/mol. The number of esters is 2. The van der Waals surface area contributed by atoms with E-state index in [9.17, 15) is 19.0 Å². The van der Waals surface area contributed by atoms with Crippen LogP contribution in [0.15, 0.2) is 97.2 Å². The fraction of sp³-hybridized carbons (Fsp3) is 0.710. The summed E-state index contributed by atoms with van der Waals surface area (Å²) in [6, 6.07) is 0. The molecule has 0 spiro atoms. The zero-order chi connectivity index (χ0) is 52.7. The molecule has 72 heavy (non-hydrogen) atoms. The van der Waals surface area contributed by atoms with E-state index in [-0.39, 0.29) is 32.0 Å². The second-order valence-electron chi connectivity index (χ2n) is 20.3. The first-order chi connectivity index (χ1) is 35.0. The molecule has 414 valence electrons. The van der Waals surface area contributed by atoms with Crippen molar-refractivity contribution in [1.82, 2.24) is 0 Å². The zero-order valence-electron chi connectivity index (χ0n) is 46.9. The number of nitrogens with zero attached hydrogens (tertiary/aromatic N) is 1. The van der Waals surface area contributed by atoms with Gasteiger partial charge in [0.25, 0.3) is 0 Å². The van der Waals surface area contributed by atoms with Gasteiger partial charge in [-0.25, -0.2) is 4.57 Å². The standard InChI is InChI=1S/C62H108NO8P/c1-6-8-10-12-14-16-18-20-22-24-26-28-29-30-31-32-33-35-37-39-41-43-45-47-49-51-53-55-62(65)71-60(59-70-72(66,67)69-57-56-63(3,4)5)58-68-61(64)54-52-50-48-46-44-42-40-38-36-34-27-25-23-21-19-17-15-13-11-9-7-2/h8,10,14,16,20,22,25-28,30-31,33,35,39,41,60H,6-7,9,11-13,15,17-19,21,23-24,29,32,34,36-38,40,42-59H2,1-5H3/p+1/b10-8-,16-14-,22-20-,27-25-,28-26-,31-30-,35-33-,41-39-. The number of quaternary nitrogens is 1. The number of unbranched alkanes of at least 4 members (excludes halogenated alkanes) is 22. The first kappa shape index (κ1) is 68.9. The number of likely N-dealkylation sites (N-methyl/N-ethyl adjacent to an activating group) is 1. The molecule has 0 aliphatic heterocycles. The highest BCUT2D eigenvalue weighted by Gasteiger charge is 2.27. The Morgan fingerprint density at radius 3 is 1.19 bits per heavy atom. The maximum Gasteiger partial charge on any atom is 0.472 e. The molecule has 0 aliphatic rings. The number of hydrogen-bond donors (Lipinski definition) is 1. The van der Waals surface area contributed by atoms with Gasteiger partial charge >= 0.3 is 19.8 Å². The van der Waals surface area contributed by atoms with E-state index in [1.165, 1.54) is 103 Å². The summed E-state index contributed by atoms with van der Waals surface area (Å²) in [5.41, 5.74) is 0. The molecule has 9 nitrogen and oxygen atoms in total. The minimum Gasteiger partial charge on any atom is -0.462 e. The molecule has 0 bridgehead atoms. The van der Waals surface area contributed by atoms with E-state index in [4.69, 9.17) is 18.5 Å². The average Bonchev–Trinajstić information content (AvgIpc) is 3.34. The minimum atomic E-state index is -4.40. The first-order valence-electron chi connectivity index (χ1n) is 29.0. The van der Waals surface area contributed by atoms with Crippen LogP contribution < -0.4 is 0 Å². The van der Waals surface area contributed by atoms with Gasteiger partial charge in [0.1, 0.15) is 19.8 Å². The summed E-state index contributed by atoms with van der Waals surface area (Å²) >= 11 is 0. The number of carbonyl (C=O) groups is 2. The summed E-state index contributed by atoms with van der Waals surface area (Å²) < 4.78 is 34.5. The molecular weight excluding hydrogens is 918 g/mol. The maximum absolute atomic E-state index is 12.8. The zero-order valence-corrected chi connectivity index (χ0v) is 47.8. The molecule has 1 N–H and O–H groups in total. The number of phosphoric acid groups is 1. The summed E-state index contributed by atoms with van der Waals surface area (Å²) in [5, 5.41) is 0. The SMILES string of the molecule is CC/C=C\C/C=C\C/C=C\C/C=C\C/C=C\C/C=C\C/C=C\CCCCCCCC(=O)OC(COC(=O)CCCCCCCCCCC/C=C\CCCCCCCCCC)COP(=O)(O)OCC[N+](C)(C)C. The van der Waals surface area contributed by atoms with Crippen molar-refractivity contribution in [2.45, 2.75) is 238 Å². The minimum absolute atomic E-state index is 0.0225. The average molecular weight is 1030 g/mol. The molecule has 10 heteroatoms. The van der Waals surface area contributed by atoms with Gasteiger partial charge < -0.3 is 18.9 Å². The van der Waals surface area contributed by atoms with Crippen molar-refractivity contribution in [2.75, 3.05) is 47.5 Å². The molecular formula is C62H109NO8P+. The van der Waals surface area contributed by atoms with Gasteiger partial charge in [-0.1, -0.05) is 220 Å². The Bertz CT molecular complexity index is 1540. The maximum atomic E-state index is 12.8. The molecule has 0 aromatic heterocycles. The van der Waals surface area contributed by atoms with Crippen LogP contribution in [0.3, 0.4) is 0 Å². The molecule has 0 aliphatic carbocycles. The molecule has 0 radical (unpaired) electrons. The van der Waals surface area contributed by atoms with Crippen LogP contribution in [-0.2, 0) is 32.7 Å². The van der Waals surface area contributed by atoms with Crippen molar-refractivity contribution in [3.8, 4) is 0 Å². The summed E-state index contributed by atoms with van der Waals surface area (Å²) in [5.74, 6) is -0.824. The smallest absolute Gasteiger partial charge is 0.462 e. The molecule has 0 rings (SSSR count). The third-order valence-electron chi connectivity index (χ3n) is 12.1. The van der Waals surface area contributed by atoms with Crippen LogP contribution in [0, 0.1) is 0 Å². The van der Waals surface area contributed by atoms with Gasteiger partial charge in [0.05, 0.1) is 27.7 Å². The van der Waals surface area contributed by atoms with E-state index in [2.05, 4.69) is 111 Å². The van der Waals surface area contributed by atoms with Gasteiger partial charge in [-0.2, -0.15) is 0 Å². The van der Waals surface area contributed by atoms with E-state index >= 15 is 0 Å². The van der Waals surface area contributed by atoms with E-state index < -0.39 is 26.5 Å². The van der Waals surface area contributed by atoms with Crippen LogP contribution in [0.4, 0.5) is 0 Å². The highest BCUT2D eigenvalue weighted by atomic mass is 31.2. The topological polar surface area (TPSA) is 108 Å². The Morgan fingerprint density at radius 1 is 0.444 bits per heavy atom. The van der Waals surface area contributed by atoms with Crippen molar-refractivity contribution < 1.29 is 42.1 Å². The van der Waals surface area contributed by atoms with Crippen LogP contribution >= 0.6 is 7.82 Å². The highest BCUT2D eigenvalue weighted by molar-refractivity contribution is 7.47. The number of phosphoric ester groups is 1. The number of carbonyl (C=O) groups excluding carboxylic acids is 2. The molecule has 0 saturated carbocycles. The van der Waals surface area contributed by atoms with Gasteiger partial charge in [0.2, 0.25) is 0 Å². The lowest BCUT2D eigenvalue weighted by molar-refractivity contribution is -0.870. The lowest BCUT2D eigenvalue weighted by atomic mass is 10.1. The van der Waals surface area contributed by atoms with Gasteiger partial charge in [-0.15, -0.1) is 0 Å². The number of hydrogen-bond acceptors (Lipinski definition) is 7. The fourth-order valence-corrected chi connectivity index (χ4v) is 8.38. The van der Waals surface area contributed by atoms with E-state index in [0.717, 1.165) is 96.3 Å². The van der Waals surface area contributed by atoms with Crippen molar-refractivity contribution in [2.24, 2.45) is 0 Å². The third-order valence-corrected chi connectivity index (χ3v) is 13.1. The van der Waals surface area contributed by atoms with Gasteiger partial charge in [0, 0.05) is 12.8 Å². The summed E-state index contributed by atoms with van der Waals surface area (Å²) in [7, 11) is 1.45. The van der Waals surface area contributed by atoms with Crippen LogP contribution in [0.25, 0.3) is 0 Å². The van der Waals surface area contributed by atoms with Crippen LogP contribution in [0.5, 0.6) is 0 Å². The second kappa shape index (κ2) is 52.8. The molecule has 0 fully saturated rings. The number of ether oxygens (including phenoxy) is 2. The van der Waals surface area contributed by atoms with Crippen molar-refractivity contribution in [3.05, 3.63) is 97.2 Å². The van der Waals surface area contributed by atoms with E-state index in [1.54, 1.807) is 0 Å². The molecule has 0 amide bonds.